The number of rotatable bonds is 4. The average Bonchev–Trinajstić information content (AvgIpc) is 3.94. The van der Waals surface area contributed by atoms with Crippen LogP contribution in [-0.2, 0) is 9.59 Å². The highest BCUT2D eigenvalue weighted by molar-refractivity contribution is 6.19. The molecular weight excluding hydrogens is 705 g/mol. The zero-order chi connectivity index (χ0) is 38.6. The third-order valence-corrected chi connectivity index (χ3v) is 10.5. The first kappa shape index (κ1) is 34.6. The fourth-order valence-corrected chi connectivity index (χ4v) is 7.43. The number of carbonyl (C=O) groups excluding carboxylic acids is 3. The van der Waals surface area contributed by atoms with Crippen molar-refractivity contribution in [1.82, 2.24) is 50.5 Å². The van der Waals surface area contributed by atoms with Crippen LogP contribution in [0.2, 0.25) is 0 Å². The summed E-state index contributed by atoms with van der Waals surface area (Å²) in [5, 5.41) is 8.15. The van der Waals surface area contributed by atoms with Crippen molar-refractivity contribution in [1.29, 1.82) is 0 Å². The molecule has 4 N–H and O–H groups in total. The van der Waals surface area contributed by atoms with Gasteiger partial charge in [-0.15, -0.1) is 0 Å². The van der Waals surface area contributed by atoms with Gasteiger partial charge >= 0.3 is 6.03 Å². The average molecular weight is 741 g/mol. The van der Waals surface area contributed by atoms with Gasteiger partial charge in [0.15, 0.2) is 23.3 Å². The van der Waals surface area contributed by atoms with Gasteiger partial charge < -0.3 is 9.97 Å². The minimum Gasteiger partial charge on any atom is -0.324 e. The van der Waals surface area contributed by atoms with Crippen molar-refractivity contribution in [3.63, 3.8) is 0 Å². The highest BCUT2D eigenvalue weighted by Crippen LogP contribution is 2.37. The maximum atomic E-state index is 11.8. The molecule has 4 amide bonds. The second-order valence-corrected chi connectivity index (χ2v) is 14.4. The fourth-order valence-electron chi connectivity index (χ4n) is 7.43. The van der Waals surface area contributed by atoms with E-state index in [2.05, 4.69) is 20.6 Å². The summed E-state index contributed by atoms with van der Waals surface area (Å²) in [6.07, 6.45) is 1.67. The zero-order valence-corrected chi connectivity index (χ0v) is 30.8. The standard InChI is InChI=1S/C32H18N8.C11H18N2O3/c1-2-10-18-17(9-1)25-33-26(18)38-28-21-13-5-6-14-22(21)30(35-28)40-32-24-16-8-7-15-23(24)31(36-32)39-29-20-12-4-3-11-19(20)27(34-29)37-25;1-4-11(6-5-7(2)3)8(14)12-10(16)13-9(11)15/h1-16H,(H2,33,34,35,36,37,38,39,40);7H,4-6H2,1-3H3,(H2,12,13,14,15,16). The fraction of sp³-hybridized carbons (Fsp3) is 0.186. The number of carbonyl (C=O) groups is 3. The molecule has 6 heterocycles. The summed E-state index contributed by atoms with van der Waals surface area (Å²) >= 11 is 0. The van der Waals surface area contributed by atoms with E-state index in [-0.39, 0.29) is 0 Å². The number of aromatic amines is 2. The Morgan fingerprint density at radius 3 is 1.12 bits per heavy atom. The van der Waals surface area contributed by atoms with Gasteiger partial charge in [-0.2, -0.15) is 0 Å². The van der Waals surface area contributed by atoms with Gasteiger partial charge in [-0.1, -0.05) is 118 Å². The summed E-state index contributed by atoms with van der Waals surface area (Å²) in [5.41, 5.74) is 5.38. The normalized spacial score (nSPS) is 14.2. The second kappa shape index (κ2) is 13.6. The molecule has 3 aromatic heterocycles. The van der Waals surface area contributed by atoms with Crippen LogP contribution in [0.1, 0.15) is 40.0 Å². The van der Waals surface area contributed by atoms with Crippen molar-refractivity contribution in [2.75, 3.05) is 0 Å². The number of nitrogens with zero attached hydrogens (tertiary/aromatic N) is 6. The van der Waals surface area contributed by atoms with Gasteiger partial charge in [0.1, 0.15) is 28.0 Å². The van der Waals surface area contributed by atoms with Crippen LogP contribution in [0.4, 0.5) is 4.79 Å². The molecule has 3 aliphatic rings. The largest absolute Gasteiger partial charge is 0.328 e. The topological polar surface area (TPSA) is 184 Å². The minimum atomic E-state index is -1.07. The van der Waals surface area contributed by atoms with Crippen molar-refractivity contribution in [3.05, 3.63) is 97.1 Å². The summed E-state index contributed by atoms with van der Waals surface area (Å²) in [4.78, 5) is 71.3. The molecule has 0 atom stereocenters. The van der Waals surface area contributed by atoms with Gasteiger partial charge in [0, 0.05) is 43.8 Å². The van der Waals surface area contributed by atoms with Crippen molar-refractivity contribution in [2.45, 2.75) is 40.0 Å². The Labute approximate surface area is 320 Å². The third-order valence-electron chi connectivity index (χ3n) is 10.5. The number of fused-ring (bicyclic) bond motifs is 20. The van der Waals surface area contributed by atoms with Crippen LogP contribution < -0.4 is 10.6 Å². The third kappa shape index (κ3) is 5.84. The Morgan fingerprint density at radius 2 is 0.821 bits per heavy atom. The van der Waals surface area contributed by atoms with Crippen molar-refractivity contribution in [2.24, 2.45) is 11.3 Å². The Bertz CT molecular complexity index is 2590. The van der Waals surface area contributed by atoms with E-state index in [1.54, 1.807) is 6.92 Å². The molecule has 0 radical (unpaired) electrons. The molecule has 13 nitrogen and oxygen atoms in total. The predicted octanol–water partition coefficient (Wildman–Crippen LogP) is 8.05. The van der Waals surface area contributed by atoms with Crippen LogP contribution in [0.15, 0.2) is 97.1 Å². The first-order valence-corrected chi connectivity index (χ1v) is 18.6. The Kier molecular flexibility index (Phi) is 8.41. The van der Waals surface area contributed by atoms with Gasteiger partial charge in [0.2, 0.25) is 11.8 Å². The lowest BCUT2D eigenvalue weighted by molar-refractivity contribution is -0.145. The lowest BCUT2D eigenvalue weighted by Gasteiger charge is -2.33. The Hall–Kier alpha value is -7.15. The molecule has 56 heavy (non-hydrogen) atoms. The molecule has 1 saturated heterocycles. The number of imide groups is 2. The van der Waals surface area contributed by atoms with Gasteiger partial charge in [-0.3, -0.25) is 20.2 Å². The van der Waals surface area contributed by atoms with E-state index in [0.717, 1.165) is 50.2 Å². The Balaban J connectivity index is 0.000000218. The summed E-state index contributed by atoms with van der Waals surface area (Å²) in [7, 11) is 0. The van der Waals surface area contributed by atoms with E-state index >= 15 is 0 Å². The number of hydrogen-bond acceptors (Lipinski definition) is 9. The molecule has 7 aromatic rings. The van der Waals surface area contributed by atoms with Crippen LogP contribution in [0.25, 0.3) is 89.7 Å². The lowest BCUT2D eigenvalue weighted by atomic mass is 9.76. The number of benzene rings is 4. The van der Waals surface area contributed by atoms with Crippen LogP contribution in [0.5, 0.6) is 0 Å². The number of amides is 4. The molecule has 276 valence electrons. The first-order chi connectivity index (χ1) is 27.2. The molecule has 0 aliphatic carbocycles. The van der Waals surface area contributed by atoms with Crippen LogP contribution >= 0.6 is 0 Å². The van der Waals surface area contributed by atoms with Gasteiger partial charge in [0.25, 0.3) is 0 Å². The maximum absolute atomic E-state index is 11.8. The van der Waals surface area contributed by atoms with Gasteiger partial charge in [-0.25, -0.2) is 34.7 Å². The quantitative estimate of drug-likeness (QED) is 0.130. The molecule has 0 unspecified atom stereocenters. The summed E-state index contributed by atoms with van der Waals surface area (Å²) < 4.78 is 0. The zero-order valence-electron chi connectivity index (χ0n) is 30.8. The van der Waals surface area contributed by atoms with Crippen molar-refractivity contribution in [3.8, 4) is 45.6 Å². The molecule has 3 aliphatic heterocycles. The van der Waals surface area contributed by atoms with E-state index < -0.39 is 23.3 Å². The molecular formula is C43H36N10O3. The highest BCUT2D eigenvalue weighted by Gasteiger charge is 2.48. The van der Waals surface area contributed by atoms with Gasteiger partial charge in [0.05, 0.1) is 0 Å². The molecule has 13 heteroatoms. The molecule has 1 fully saturated rings. The second-order valence-electron chi connectivity index (χ2n) is 14.4. The van der Waals surface area contributed by atoms with Crippen molar-refractivity contribution >= 4 is 62.0 Å². The number of hydrogen-bond donors (Lipinski definition) is 4. The first-order valence-electron chi connectivity index (χ1n) is 18.6. The smallest absolute Gasteiger partial charge is 0.324 e. The van der Waals surface area contributed by atoms with E-state index in [1.165, 1.54) is 0 Å². The van der Waals surface area contributed by atoms with Crippen LogP contribution in [0, 0.1) is 11.3 Å². The number of barbiturate groups is 1. The van der Waals surface area contributed by atoms with Crippen molar-refractivity contribution < 1.29 is 14.4 Å². The number of aromatic nitrogens is 8. The monoisotopic (exact) mass is 740 g/mol. The Morgan fingerprint density at radius 1 is 0.500 bits per heavy atom. The molecule has 4 aromatic carbocycles. The summed E-state index contributed by atoms with van der Waals surface area (Å²) in [5.74, 6) is 1.87. The van der Waals surface area contributed by atoms with E-state index in [1.807, 2.05) is 111 Å². The molecule has 0 spiro atoms. The summed E-state index contributed by atoms with van der Waals surface area (Å²) in [6.45, 7) is 5.86. The molecule has 8 bridgehead atoms. The summed E-state index contributed by atoms with van der Waals surface area (Å²) in [6, 6.07) is 31.5. The molecule has 10 rings (SSSR count). The maximum Gasteiger partial charge on any atom is 0.328 e. The SMILES string of the molecule is CCC1(CCC(C)C)C(=O)NC(=O)NC1=O.c1ccc2c(c1)-c1nc-2nc2[nH]c(nc3nc(nc4[nH]c(n1)c1ccccc41)-c1ccccc1-3)c1ccccc21. The van der Waals surface area contributed by atoms with Crippen LogP contribution in [0.3, 0.4) is 0 Å². The number of urea groups is 1. The van der Waals surface area contributed by atoms with E-state index in [9.17, 15) is 14.4 Å². The lowest BCUT2D eigenvalue weighted by Crippen LogP contribution is -2.62. The minimum absolute atomic E-state index is 0.407. The predicted molar refractivity (Wildman–Crippen MR) is 215 cm³/mol. The molecule has 0 saturated carbocycles. The van der Waals surface area contributed by atoms with Crippen LogP contribution in [-0.4, -0.2) is 57.7 Å². The number of H-pyrrole nitrogens is 2. The van der Waals surface area contributed by atoms with Gasteiger partial charge in [-0.05, 0) is 25.2 Å². The highest BCUT2D eigenvalue weighted by atomic mass is 16.2. The van der Waals surface area contributed by atoms with E-state index in [0.29, 0.717) is 64.6 Å². The van der Waals surface area contributed by atoms with E-state index in [4.69, 9.17) is 29.9 Å². The number of nitrogens with one attached hydrogen (secondary N) is 4.